The van der Waals surface area contributed by atoms with Crippen LogP contribution >= 0.6 is 15.9 Å². The average molecular weight is 844 g/mol. The molecular weight excluding hydrogens is 800 g/mol. The molecule has 4 heterocycles. The van der Waals surface area contributed by atoms with Crippen molar-refractivity contribution in [3.63, 3.8) is 0 Å². The number of nitrogens with zero attached hydrogens (tertiary/aromatic N) is 8. The number of imidazole rings is 2. The van der Waals surface area contributed by atoms with E-state index in [1.165, 1.54) is 0 Å². The number of allylic oxidation sites excluding steroid dienone is 2. The van der Waals surface area contributed by atoms with E-state index in [4.69, 9.17) is 25.9 Å². The second-order valence-corrected chi connectivity index (χ2v) is 13.9. The molecule has 57 heavy (non-hydrogen) atoms. The molecule has 0 atom stereocenters. The third-order valence-corrected chi connectivity index (χ3v) is 9.59. The second-order valence-electron chi connectivity index (χ2n) is 13.0. The summed E-state index contributed by atoms with van der Waals surface area (Å²) >= 11 is 3.57. The lowest BCUT2D eigenvalue weighted by Gasteiger charge is -2.13. The van der Waals surface area contributed by atoms with E-state index in [9.17, 15) is 19.2 Å². The number of ether oxygens (including phenoxy) is 2. The first kappa shape index (κ1) is 40.3. The molecular formula is C38H43BrN12O6. The molecule has 0 spiro atoms. The molecule has 6 N–H and O–H groups in total. The van der Waals surface area contributed by atoms with Gasteiger partial charge in [-0.2, -0.15) is 10.2 Å². The van der Waals surface area contributed by atoms with E-state index >= 15 is 0 Å². The number of fused-ring (bicyclic) bond motifs is 2. The predicted molar refractivity (Wildman–Crippen MR) is 217 cm³/mol. The molecule has 0 aliphatic heterocycles. The van der Waals surface area contributed by atoms with Crippen LogP contribution in [0.4, 0.5) is 11.9 Å². The number of hydrogen-bond acceptors (Lipinski definition) is 10. The second kappa shape index (κ2) is 17.2. The molecule has 0 saturated carbocycles. The van der Waals surface area contributed by atoms with Crippen LogP contribution in [-0.4, -0.2) is 82.6 Å². The van der Waals surface area contributed by atoms with Crippen LogP contribution in [0.15, 0.2) is 53.0 Å². The first-order valence-corrected chi connectivity index (χ1v) is 18.9. The number of methoxy groups -OCH3 is 1. The van der Waals surface area contributed by atoms with Crippen LogP contribution < -0.4 is 26.8 Å². The highest BCUT2D eigenvalue weighted by atomic mass is 79.9. The molecule has 0 saturated heterocycles. The van der Waals surface area contributed by atoms with Crippen molar-refractivity contribution in [2.75, 3.05) is 31.0 Å². The van der Waals surface area contributed by atoms with E-state index in [0.29, 0.717) is 81.2 Å². The molecule has 0 radical (unpaired) electrons. The molecule has 18 nitrogen and oxygen atoms in total. The van der Waals surface area contributed by atoms with Crippen molar-refractivity contribution >= 4 is 73.5 Å². The highest BCUT2D eigenvalue weighted by molar-refractivity contribution is 9.10. The van der Waals surface area contributed by atoms with Crippen LogP contribution in [0.3, 0.4) is 0 Å². The number of nitrogens with two attached hydrogens (primary N) is 2. The van der Waals surface area contributed by atoms with Gasteiger partial charge in [-0.1, -0.05) is 12.2 Å². The van der Waals surface area contributed by atoms with E-state index in [1.807, 2.05) is 26.0 Å². The zero-order valence-corrected chi connectivity index (χ0v) is 33.7. The highest BCUT2D eigenvalue weighted by Crippen LogP contribution is 2.32. The molecule has 19 heteroatoms. The number of carbonyl (C=O) groups excluding carboxylic acids is 4. The predicted octanol–water partition coefficient (Wildman–Crippen LogP) is 4.57. The highest BCUT2D eigenvalue weighted by Gasteiger charge is 2.23. The minimum Gasteiger partial charge on any atom is -0.491 e. The third-order valence-electron chi connectivity index (χ3n) is 8.98. The molecule has 4 amide bonds. The molecule has 2 aromatic carbocycles. The molecule has 6 aromatic rings. The molecule has 0 aliphatic rings. The first-order valence-electron chi connectivity index (χ1n) is 18.1. The van der Waals surface area contributed by atoms with Crippen molar-refractivity contribution in [2.24, 2.45) is 11.5 Å². The summed E-state index contributed by atoms with van der Waals surface area (Å²) in [5.41, 5.74) is 15.7. The van der Waals surface area contributed by atoms with Gasteiger partial charge in [0.05, 0.1) is 34.5 Å². The van der Waals surface area contributed by atoms with Crippen molar-refractivity contribution in [2.45, 2.75) is 60.3 Å². The number of hydrogen-bond donors (Lipinski definition) is 4. The minimum atomic E-state index is -0.667. The lowest BCUT2D eigenvalue weighted by atomic mass is 10.1. The van der Waals surface area contributed by atoms with Gasteiger partial charge in [-0.05, 0) is 80.0 Å². The smallest absolute Gasteiger partial charge is 0.276 e. The third kappa shape index (κ3) is 8.58. The summed E-state index contributed by atoms with van der Waals surface area (Å²) in [5, 5.41) is 14.6. The van der Waals surface area contributed by atoms with Gasteiger partial charge < -0.3 is 30.1 Å². The fourth-order valence-corrected chi connectivity index (χ4v) is 7.07. The van der Waals surface area contributed by atoms with Gasteiger partial charge in [0.15, 0.2) is 0 Å². The number of aromatic nitrogens is 8. The molecule has 6 rings (SSSR count). The largest absolute Gasteiger partial charge is 0.491 e. The molecule has 0 aliphatic carbocycles. The number of amides is 4. The summed E-state index contributed by atoms with van der Waals surface area (Å²) in [6.07, 6.45) is 4.29. The zero-order chi connectivity index (χ0) is 41.0. The summed E-state index contributed by atoms with van der Waals surface area (Å²) in [7, 11) is 1.59. The van der Waals surface area contributed by atoms with Gasteiger partial charge in [-0.25, -0.2) is 9.97 Å². The van der Waals surface area contributed by atoms with Crippen molar-refractivity contribution in [1.82, 2.24) is 38.7 Å². The Morgan fingerprint density at radius 1 is 0.737 bits per heavy atom. The summed E-state index contributed by atoms with van der Waals surface area (Å²) in [6, 6.07) is 9.64. The van der Waals surface area contributed by atoms with E-state index in [1.54, 1.807) is 75.9 Å². The van der Waals surface area contributed by atoms with E-state index < -0.39 is 23.6 Å². The lowest BCUT2D eigenvalue weighted by molar-refractivity contribution is 0.0991. The summed E-state index contributed by atoms with van der Waals surface area (Å²) in [6.45, 7) is 9.47. The zero-order valence-electron chi connectivity index (χ0n) is 32.1. The number of rotatable bonds is 17. The van der Waals surface area contributed by atoms with Crippen molar-refractivity contribution < 1.29 is 28.7 Å². The topological polar surface area (TPSA) is 234 Å². The van der Waals surface area contributed by atoms with Gasteiger partial charge in [0.25, 0.3) is 11.8 Å². The standard InChI is InChI=1S/C38H43BrN12O6/c1-6-50-28(15-21(3)46-50)35(54)44-37-42-26-18-23(33(40)52)17-25(39)31(26)48(37)11-8-9-12-49-32-27(19-24(34(41)53)20-30(32)57-14-10-13-56-5)43-38(49)45-36(55)29-16-22(4)47-51(29)7-2/h8-9,15-20H,6-7,10-14H2,1-5H3,(H2,40,52)(H2,41,53)(H,42,44,54)(H,43,45,55)/b9-8+. The first-order chi connectivity index (χ1) is 27.3. The van der Waals surface area contributed by atoms with Gasteiger partial charge in [0.2, 0.25) is 23.7 Å². The Morgan fingerprint density at radius 2 is 1.23 bits per heavy atom. The van der Waals surface area contributed by atoms with E-state index in [-0.39, 0.29) is 42.7 Å². The average Bonchev–Trinajstić information content (AvgIpc) is 3.94. The SMILES string of the molecule is CCn1nc(C)cc1C(=O)Nc1nc2cc(C(N)=O)cc(Br)c2n1C/C=C/Cn1c(NC(=O)c2cc(C)nn2CC)nc2cc(C(N)=O)cc(OCCCOC)c21. The Bertz CT molecular complexity index is 2550. The van der Waals surface area contributed by atoms with Crippen LogP contribution in [0.2, 0.25) is 0 Å². The normalized spacial score (nSPS) is 11.5. The maximum Gasteiger partial charge on any atom is 0.276 e. The summed E-state index contributed by atoms with van der Waals surface area (Å²) in [5.74, 6) is -1.39. The van der Waals surface area contributed by atoms with Gasteiger partial charge >= 0.3 is 0 Å². The van der Waals surface area contributed by atoms with Gasteiger partial charge in [0, 0.05) is 61.9 Å². The van der Waals surface area contributed by atoms with Gasteiger partial charge in [-0.15, -0.1) is 0 Å². The molecule has 0 fully saturated rings. The fraction of sp³-hybridized carbons (Fsp3) is 0.316. The quantitative estimate of drug-likeness (QED) is 0.0738. The maximum absolute atomic E-state index is 13.7. The van der Waals surface area contributed by atoms with Crippen LogP contribution in [0, 0.1) is 13.8 Å². The van der Waals surface area contributed by atoms with Crippen molar-refractivity contribution in [3.8, 4) is 5.75 Å². The number of aryl methyl sites for hydroxylation is 4. The van der Waals surface area contributed by atoms with Crippen molar-refractivity contribution in [1.29, 1.82) is 0 Å². The van der Waals surface area contributed by atoms with Crippen LogP contribution in [0.25, 0.3) is 22.1 Å². The van der Waals surface area contributed by atoms with E-state index in [0.717, 1.165) is 0 Å². The molecule has 4 aromatic heterocycles. The fourth-order valence-electron chi connectivity index (χ4n) is 6.40. The molecule has 0 unspecified atom stereocenters. The Morgan fingerprint density at radius 3 is 1.72 bits per heavy atom. The molecule has 0 bridgehead atoms. The molecule has 298 valence electrons. The maximum atomic E-state index is 13.7. The van der Waals surface area contributed by atoms with Crippen molar-refractivity contribution in [3.05, 3.63) is 86.9 Å². The Hall–Kier alpha value is -6.34. The minimum absolute atomic E-state index is 0.179. The summed E-state index contributed by atoms with van der Waals surface area (Å²) < 4.78 is 18.6. The summed E-state index contributed by atoms with van der Waals surface area (Å²) in [4.78, 5) is 61.1. The van der Waals surface area contributed by atoms with Gasteiger partial charge in [-0.3, -0.25) is 39.2 Å². The Balaban J connectivity index is 1.39. The van der Waals surface area contributed by atoms with Crippen LogP contribution in [0.5, 0.6) is 5.75 Å². The number of primary amides is 2. The number of halogens is 1. The van der Waals surface area contributed by atoms with Gasteiger partial charge in [0.1, 0.15) is 22.7 Å². The van der Waals surface area contributed by atoms with Crippen LogP contribution in [0.1, 0.15) is 73.3 Å². The van der Waals surface area contributed by atoms with E-state index in [2.05, 4.69) is 41.7 Å². The lowest BCUT2D eigenvalue weighted by Crippen LogP contribution is -2.20. The monoisotopic (exact) mass is 842 g/mol. The number of carbonyl (C=O) groups is 4. The Labute approximate surface area is 335 Å². The number of anilines is 2. The van der Waals surface area contributed by atoms with Crippen LogP contribution in [-0.2, 0) is 30.9 Å². The number of benzene rings is 2. The number of nitrogens with one attached hydrogen (secondary N) is 2. The Kier molecular flexibility index (Phi) is 12.2.